The molecule has 0 aliphatic carbocycles. The van der Waals surface area contributed by atoms with E-state index in [1.165, 1.54) is 23.1 Å². The lowest BCUT2D eigenvalue weighted by molar-refractivity contribution is -0.384. The van der Waals surface area contributed by atoms with Crippen molar-refractivity contribution in [2.45, 2.75) is 77.7 Å². The van der Waals surface area contributed by atoms with Crippen LogP contribution in [0.1, 0.15) is 76.6 Å². The van der Waals surface area contributed by atoms with E-state index in [-0.39, 0.29) is 47.1 Å². The van der Waals surface area contributed by atoms with Gasteiger partial charge in [0.1, 0.15) is 16.6 Å². The molecule has 0 bridgehead atoms. The second-order valence-corrected chi connectivity index (χ2v) is 13.5. The van der Waals surface area contributed by atoms with Gasteiger partial charge in [0.25, 0.3) is 17.5 Å². The van der Waals surface area contributed by atoms with E-state index in [9.17, 15) is 28.5 Å². The number of non-ortho nitro benzene ring substituents is 1. The molecule has 0 radical (unpaired) electrons. The third-order valence-electron chi connectivity index (χ3n) is 8.44. The second kappa shape index (κ2) is 13.2. The van der Waals surface area contributed by atoms with Crippen LogP contribution in [-0.4, -0.2) is 64.5 Å². The molecule has 44 heavy (non-hydrogen) atoms. The van der Waals surface area contributed by atoms with Crippen LogP contribution in [0.3, 0.4) is 0 Å². The number of nitro benzene ring substituents is 1. The number of ether oxygens (including phenoxy) is 1. The zero-order valence-corrected chi connectivity index (χ0v) is 26.3. The fraction of sp³-hybridized carbons (Fsp3) is 0.581. The highest BCUT2D eigenvalue weighted by atomic mass is 35.5. The Bertz CT molecular complexity index is 1380. The number of amides is 2. The molecule has 2 aliphatic heterocycles. The molecule has 1 aromatic carbocycles. The highest BCUT2D eigenvalue weighted by molar-refractivity contribution is 6.29. The number of nitro groups is 1. The van der Waals surface area contributed by atoms with E-state index in [0.717, 1.165) is 19.3 Å². The second-order valence-electron chi connectivity index (χ2n) is 13.1. The molecule has 3 heterocycles. The van der Waals surface area contributed by atoms with E-state index in [2.05, 4.69) is 17.2 Å². The number of nitrogens with zero attached hydrogens (tertiary/aromatic N) is 4. The number of nitrogens with one attached hydrogen (secondary N) is 1. The third kappa shape index (κ3) is 8.55. The molecule has 1 unspecified atom stereocenters. The molecule has 4 rings (SSSR count). The van der Waals surface area contributed by atoms with Crippen LogP contribution in [0.2, 0.25) is 5.15 Å². The molecule has 2 fully saturated rings. The van der Waals surface area contributed by atoms with Crippen molar-refractivity contribution in [1.29, 1.82) is 0 Å². The molecule has 10 nitrogen and oxygen atoms in total. The number of likely N-dealkylation sites (tertiary alicyclic amines) is 1. The number of halogens is 3. The minimum Gasteiger partial charge on any atom is -0.444 e. The van der Waals surface area contributed by atoms with Crippen molar-refractivity contribution in [1.82, 2.24) is 9.88 Å². The van der Waals surface area contributed by atoms with Gasteiger partial charge in [-0.1, -0.05) is 31.0 Å². The number of anilines is 2. The number of benzene rings is 1. The maximum Gasteiger partial charge on any atom is 0.410 e. The van der Waals surface area contributed by atoms with Crippen molar-refractivity contribution in [3.63, 3.8) is 0 Å². The summed E-state index contributed by atoms with van der Waals surface area (Å²) in [4.78, 5) is 44.2. The Morgan fingerprint density at radius 1 is 1.16 bits per heavy atom. The summed E-state index contributed by atoms with van der Waals surface area (Å²) in [6, 6.07) is 8.97. The van der Waals surface area contributed by atoms with Crippen molar-refractivity contribution >= 4 is 40.8 Å². The SMILES string of the molecule is CC1(CCCC2CN(C(=O)OC(C)(C)C)CCC2(F)F)CCN(c2cc([N+](=O)[O-])ccc2C(=O)Nc2cccc(Cl)n2)CC1. The molecule has 0 saturated carbocycles. The van der Waals surface area contributed by atoms with Crippen LogP contribution < -0.4 is 10.2 Å². The van der Waals surface area contributed by atoms with Gasteiger partial charge in [-0.3, -0.25) is 14.9 Å². The highest BCUT2D eigenvalue weighted by Gasteiger charge is 2.45. The molecule has 2 aromatic rings. The number of pyridine rings is 1. The fourth-order valence-electron chi connectivity index (χ4n) is 5.84. The van der Waals surface area contributed by atoms with E-state index >= 15 is 0 Å². The van der Waals surface area contributed by atoms with Crippen LogP contribution in [0.5, 0.6) is 0 Å². The summed E-state index contributed by atoms with van der Waals surface area (Å²) in [6.45, 7) is 8.40. The monoisotopic (exact) mass is 635 g/mol. The van der Waals surface area contributed by atoms with Crippen LogP contribution in [0, 0.1) is 21.4 Å². The molecular formula is C31H40ClF2N5O5. The van der Waals surface area contributed by atoms with Crippen molar-refractivity contribution in [2.24, 2.45) is 11.3 Å². The molecule has 2 saturated heterocycles. The lowest BCUT2D eigenvalue weighted by Gasteiger charge is -2.42. The molecule has 240 valence electrons. The largest absolute Gasteiger partial charge is 0.444 e. The summed E-state index contributed by atoms with van der Waals surface area (Å²) in [5.41, 5.74) is -0.225. The van der Waals surface area contributed by atoms with E-state index < -0.39 is 34.4 Å². The minimum atomic E-state index is -2.84. The summed E-state index contributed by atoms with van der Waals surface area (Å²) >= 11 is 5.94. The predicted molar refractivity (Wildman–Crippen MR) is 165 cm³/mol. The molecule has 2 aliphatic rings. The van der Waals surface area contributed by atoms with Gasteiger partial charge in [0.15, 0.2) is 0 Å². The standard InChI is InChI=1S/C31H40ClF2N5O5/c1-29(2,3)44-28(41)38-18-15-31(33,34)21(20-38)7-6-12-30(4)13-16-37(17-14-30)24-19-22(39(42)43)10-11-23(24)27(40)36-26-9-5-8-25(32)35-26/h5,8-11,19,21H,6-7,12-18,20H2,1-4H3,(H,35,36,40). The normalized spacial score (nSPS) is 19.8. The predicted octanol–water partition coefficient (Wildman–Crippen LogP) is 7.56. The Morgan fingerprint density at radius 3 is 2.50 bits per heavy atom. The Labute approximate surface area is 261 Å². The van der Waals surface area contributed by atoms with Crippen LogP contribution in [0.4, 0.5) is 30.8 Å². The van der Waals surface area contributed by atoms with Gasteiger partial charge in [0.05, 0.1) is 16.2 Å². The Balaban J connectivity index is 1.38. The number of alkyl halides is 2. The van der Waals surface area contributed by atoms with E-state index in [0.29, 0.717) is 31.6 Å². The third-order valence-corrected chi connectivity index (χ3v) is 8.65. The van der Waals surface area contributed by atoms with Crippen LogP contribution in [-0.2, 0) is 4.74 Å². The maximum absolute atomic E-state index is 14.8. The van der Waals surface area contributed by atoms with Crippen molar-refractivity contribution in [3.8, 4) is 0 Å². The summed E-state index contributed by atoms with van der Waals surface area (Å²) in [6.07, 6.45) is 2.09. The highest BCUT2D eigenvalue weighted by Crippen LogP contribution is 2.42. The minimum absolute atomic E-state index is 0.0285. The van der Waals surface area contributed by atoms with Crippen LogP contribution >= 0.6 is 11.6 Å². The average molecular weight is 636 g/mol. The molecule has 0 spiro atoms. The van der Waals surface area contributed by atoms with E-state index in [1.54, 1.807) is 39.0 Å². The topological polar surface area (TPSA) is 118 Å². The number of carbonyl (C=O) groups is 2. The molecule has 1 atom stereocenters. The first-order chi connectivity index (χ1) is 20.6. The Morgan fingerprint density at radius 2 is 1.86 bits per heavy atom. The van der Waals surface area contributed by atoms with Gasteiger partial charge in [-0.15, -0.1) is 0 Å². The van der Waals surface area contributed by atoms with Crippen LogP contribution in [0.15, 0.2) is 36.4 Å². The number of rotatable bonds is 8. The van der Waals surface area contributed by atoms with Crippen molar-refractivity contribution < 1.29 is 28.0 Å². The first-order valence-electron chi connectivity index (χ1n) is 14.9. The summed E-state index contributed by atoms with van der Waals surface area (Å²) in [5, 5.41) is 14.5. The van der Waals surface area contributed by atoms with E-state index in [1.807, 2.05) is 4.90 Å². The number of piperidine rings is 2. The summed E-state index contributed by atoms with van der Waals surface area (Å²) in [5.74, 6) is -3.99. The lowest BCUT2D eigenvalue weighted by atomic mass is 9.75. The maximum atomic E-state index is 14.8. The quantitative estimate of drug-likeness (QED) is 0.181. The summed E-state index contributed by atoms with van der Waals surface area (Å²) in [7, 11) is 0. The molecule has 1 N–H and O–H groups in total. The lowest BCUT2D eigenvalue weighted by Crippen LogP contribution is -2.50. The van der Waals surface area contributed by atoms with Gasteiger partial charge in [0.2, 0.25) is 0 Å². The van der Waals surface area contributed by atoms with Gasteiger partial charge in [-0.05, 0) is 70.1 Å². The zero-order chi connectivity index (χ0) is 32.3. The van der Waals surface area contributed by atoms with Crippen molar-refractivity contribution in [2.75, 3.05) is 36.4 Å². The van der Waals surface area contributed by atoms with Crippen molar-refractivity contribution in [3.05, 3.63) is 57.2 Å². The van der Waals surface area contributed by atoms with Gasteiger partial charge in [0, 0.05) is 50.7 Å². The summed E-state index contributed by atoms with van der Waals surface area (Å²) < 4.78 is 35.0. The van der Waals surface area contributed by atoms with E-state index in [4.69, 9.17) is 16.3 Å². The number of hydrogen-bond acceptors (Lipinski definition) is 7. The average Bonchev–Trinajstić information content (AvgIpc) is 2.93. The van der Waals surface area contributed by atoms with Gasteiger partial charge in [-0.2, -0.15) is 0 Å². The first-order valence-corrected chi connectivity index (χ1v) is 15.3. The number of carbonyl (C=O) groups excluding carboxylic acids is 2. The van der Waals surface area contributed by atoms with Crippen LogP contribution in [0.25, 0.3) is 0 Å². The number of aromatic nitrogens is 1. The first kappa shape index (κ1) is 33.4. The van der Waals surface area contributed by atoms with Gasteiger partial charge in [-0.25, -0.2) is 18.6 Å². The number of hydrogen-bond donors (Lipinski definition) is 1. The van der Waals surface area contributed by atoms with Gasteiger partial charge < -0.3 is 19.9 Å². The Hall–Kier alpha value is -3.54. The smallest absolute Gasteiger partial charge is 0.410 e. The molecule has 2 amide bonds. The molecule has 1 aromatic heterocycles. The Kier molecular flexibility index (Phi) is 10.0. The fourth-order valence-corrected chi connectivity index (χ4v) is 6.00. The van der Waals surface area contributed by atoms with Gasteiger partial charge >= 0.3 is 6.09 Å². The zero-order valence-electron chi connectivity index (χ0n) is 25.6. The molecule has 13 heteroatoms. The molecular weight excluding hydrogens is 596 g/mol.